The molecule has 0 aromatic carbocycles. The zero-order valence-electron chi connectivity index (χ0n) is 8.73. The number of carbonyl (C=O) groups excluding carboxylic acids is 1. The van der Waals surface area contributed by atoms with Crippen molar-refractivity contribution in [1.29, 1.82) is 0 Å². The number of cyclic esters (lactones) is 1. The van der Waals surface area contributed by atoms with E-state index in [1.165, 1.54) is 19.3 Å². The van der Waals surface area contributed by atoms with Crippen LogP contribution in [-0.2, 0) is 31.9 Å². The number of hydrogen-bond donors (Lipinski definition) is 0. The molecule has 1 rings (SSSR count). The summed E-state index contributed by atoms with van der Waals surface area (Å²) in [5.74, 6) is -0.194. The fourth-order valence-corrected chi connectivity index (χ4v) is 1.44. The Balaban J connectivity index is 0.00000169. The van der Waals surface area contributed by atoms with Gasteiger partial charge in [0, 0.05) is 6.10 Å². The van der Waals surface area contributed by atoms with E-state index in [4.69, 9.17) is 4.74 Å². The average molecular weight is 378 g/mol. The van der Waals surface area contributed by atoms with Gasteiger partial charge in [-0.15, -0.1) is 5.57 Å². The number of unbranched alkanes of at least 4 members (excludes halogenated alkanes) is 3. The second kappa shape index (κ2) is 7.27. The van der Waals surface area contributed by atoms with Crippen LogP contribution in [0.5, 0.6) is 0 Å². The van der Waals surface area contributed by atoms with Crippen molar-refractivity contribution in [2.24, 2.45) is 0 Å². The van der Waals surface area contributed by atoms with Crippen molar-refractivity contribution in [3.63, 3.8) is 0 Å². The summed E-state index contributed by atoms with van der Waals surface area (Å²) in [5.41, 5.74) is 0.639. The minimum absolute atomic E-state index is 0. The van der Waals surface area contributed by atoms with Crippen molar-refractivity contribution in [3.05, 3.63) is 11.6 Å². The van der Waals surface area contributed by atoms with Crippen molar-refractivity contribution in [2.45, 2.75) is 52.1 Å². The Labute approximate surface area is 102 Å². The largest absolute Gasteiger partial charge is 1.00 e. The third kappa shape index (κ3) is 4.45. The van der Waals surface area contributed by atoms with Gasteiger partial charge < -0.3 is 9.53 Å². The SMILES string of the molecule is CCCCCCC1[C-]=C(C)C(=O)O1.[Au+]. The number of carbonyl (C=O) groups is 1. The first-order valence-corrected chi connectivity index (χ1v) is 5.05. The minimum atomic E-state index is -0.194. The first-order valence-electron chi connectivity index (χ1n) is 5.05. The molecule has 0 saturated heterocycles. The standard InChI is InChI=1S/C11H17O2.Au/c1-3-4-5-6-7-10-8-9(2)11(12)13-10;/h10H,3-7H2,1-2H3;/q-1;+1. The topological polar surface area (TPSA) is 26.3 Å². The molecule has 0 amide bonds. The van der Waals surface area contributed by atoms with Crippen molar-refractivity contribution in [1.82, 2.24) is 0 Å². The van der Waals surface area contributed by atoms with Gasteiger partial charge in [-0.25, -0.2) is 6.08 Å². The molecule has 1 aliphatic heterocycles. The molecule has 0 fully saturated rings. The molecule has 0 N–H and O–H groups in total. The molecule has 1 aliphatic rings. The third-order valence-corrected chi connectivity index (χ3v) is 2.25. The molecule has 1 unspecified atom stereocenters. The van der Waals surface area contributed by atoms with Crippen molar-refractivity contribution in [2.75, 3.05) is 0 Å². The van der Waals surface area contributed by atoms with E-state index in [1.807, 2.05) is 0 Å². The zero-order chi connectivity index (χ0) is 9.68. The van der Waals surface area contributed by atoms with Gasteiger partial charge >= 0.3 is 22.4 Å². The molecule has 2 nitrogen and oxygen atoms in total. The fourth-order valence-electron chi connectivity index (χ4n) is 1.44. The molecule has 0 spiro atoms. The maximum absolute atomic E-state index is 11.0. The molecule has 3 heteroatoms. The number of esters is 1. The summed E-state index contributed by atoms with van der Waals surface area (Å²) in [7, 11) is 0. The van der Waals surface area contributed by atoms with Crippen LogP contribution in [0.3, 0.4) is 0 Å². The van der Waals surface area contributed by atoms with Gasteiger partial charge in [0.25, 0.3) is 0 Å². The van der Waals surface area contributed by atoms with Crippen LogP contribution in [0.2, 0.25) is 0 Å². The number of hydrogen-bond acceptors (Lipinski definition) is 2. The van der Waals surface area contributed by atoms with Gasteiger partial charge in [-0.1, -0.05) is 39.5 Å². The molecular formula is C11H17AuO2. The summed E-state index contributed by atoms with van der Waals surface area (Å²) in [6.07, 6.45) is 8.76. The molecule has 1 heterocycles. The molecule has 0 aromatic heterocycles. The maximum Gasteiger partial charge on any atom is 1.00 e. The molecule has 0 radical (unpaired) electrons. The molecule has 1 atom stereocenters. The first kappa shape index (κ1) is 14.0. The molecule has 14 heavy (non-hydrogen) atoms. The van der Waals surface area contributed by atoms with E-state index in [0.717, 1.165) is 12.8 Å². The zero-order valence-corrected chi connectivity index (χ0v) is 10.9. The van der Waals surface area contributed by atoms with Gasteiger partial charge in [-0.3, -0.25) is 0 Å². The van der Waals surface area contributed by atoms with Crippen LogP contribution in [0.25, 0.3) is 0 Å². The van der Waals surface area contributed by atoms with Gasteiger partial charge in [0.2, 0.25) is 0 Å². The smallest absolute Gasteiger partial charge is 0.558 e. The summed E-state index contributed by atoms with van der Waals surface area (Å²) in [6.45, 7) is 3.94. The van der Waals surface area contributed by atoms with Crippen molar-refractivity contribution in [3.8, 4) is 0 Å². The van der Waals surface area contributed by atoms with Crippen LogP contribution < -0.4 is 0 Å². The number of ether oxygens (including phenoxy) is 1. The van der Waals surface area contributed by atoms with Crippen LogP contribution in [0.4, 0.5) is 0 Å². The molecule has 0 aromatic rings. The van der Waals surface area contributed by atoms with Crippen LogP contribution in [-0.4, -0.2) is 12.1 Å². The Morgan fingerprint density at radius 1 is 1.36 bits per heavy atom. The normalized spacial score (nSPS) is 20.0. The van der Waals surface area contributed by atoms with E-state index >= 15 is 0 Å². The summed E-state index contributed by atoms with van der Waals surface area (Å²) in [5, 5.41) is 0. The second-order valence-electron chi connectivity index (χ2n) is 3.51. The Morgan fingerprint density at radius 3 is 2.57 bits per heavy atom. The van der Waals surface area contributed by atoms with Gasteiger partial charge in [0.15, 0.2) is 5.97 Å². The molecular weight excluding hydrogens is 361 g/mol. The van der Waals surface area contributed by atoms with Crippen molar-refractivity contribution < 1.29 is 31.9 Å². The van der Waals surface area contributed by atoms with E-state index in [0.29, 0.717) is 5.57 Å². The van der Waals surface area contributed by atoms with E-state index < -0.39 is 0 Å². The molecule has 84 valence electrons. The quantitative estimate of drug-likeness (QED) is 0.318. The second-order valence-corrected chi connectivity index (χ2v) is 3.51. The Hall–Kier alpha value is -0.0497. The van der Waals surface area contributed by atoms with Crippen molar-refractivity contribution >= 4 is 5.97 Å². The molecule has 0 saturated carbocycles. The Kier molecular flexibility index (Phi) is 7.24. The first-order chi connectivity index (χ1) is 6.24. The molecule has 0 bridgehead atoms. The Morgan fingerprint density at radius 2 is 2.07 bits per heavy atom. The molecule has 0 aliphatic carbocycles. The van der Waals surface area contributed by atoms with E-state index in [9.17, 15) is 4.79 Å². The van der Waals surface area contributed by atoms with Gasteiger partial charge in [-0.05, 0) is 6.42 Å². The summed E-state index contributed by atoms with van der Waals surface area (Å²) in [4.78, 5) is 11.0. The van der Waals surface area contributed by atoms with E-state index in [1.54, 1.807) is 6.92 Å². The van der Waals surface area contributed by atoms with Crippen LogP contribution in [0, 0.1) is 6.08 Å². The number of rotatable bonds is 5. The predicted octanol–water partition coefficient (Wildman–Crippen LogP) is 2.63. The predicted molar refractivity (Wildman–Crippen MR) is 51.1 cm³/mol. The average Bonchev–Trinajstić information content (AvgIpc) is 2.41. The summed E-state index contributed by atoms with van der Waals surface area (Å²) < 4.78 is 5.07. The van der Waals surface area contributed by atoms with Gasteiger partial charge in [0.05, 0.1) is 0 Å². The maximum atomic E-state index is 11.0. The fraction of sp³-hybridized carbons (Fsp3) is 0.727. The van der Waals surface area contributed by atoms with E-state index in [-0.39, 0.29) is 34.5 Å². The monoisotopic (exact) mass is 378 g/mol. The minimum Gasteiger partial charge on any atom is -0.558 e. The van der Waals surface area contributed by atoms with Crippen LogP contribution in [0.1, 0.15) is 46.0 Å². The summed E-state index contributed by atoms with van der Waals surface area (Å²) in [6, 6.07) is 0. The van der Waals surface area contributed by atoms with E-state index in [2.05, 4.69) is 13.0 Å². The van der Waals surface area contributed by atoms with Gasteiger partial charge in [-0.2, -0.15) is 0 Å². The van der Waals surface area contributed by atoms with Crippen LogP contribution in [0.15, 0.2) is 5.57 Å². The van der Waals surface area contributed by atoms with Crippen LogP contribution >= 0.6 is 0 Å². The Bertz CT molecular complexity index is 211. The summed E-state index contributed by atoms with van der Waals surface area (Å²) >= 11 is 0. The van der Waals surface area contributed by atoms with Gasteiger partial charge in [0.1, 0.15) is 0 Å². The third-order valence-electron chi connectivity index (χ3n) is 2.25.